The number of piperidine rings is 1. The molecule has 1 fully saturated rings. The second-order valence-electron chi connectivity index (χ2n) is 6.53. The molecule has 3 heterocycles. The number of hydrogen-bond donors (Lipinski definition) is 2. The topological polar surface area (TPSA) is 91.5 Å². The molecule has 7 heteroatoms. The fourth-order valence-corrected chi connectivity index (χ4v) is 3.28. The Kier molecular flexibility index (Phi) is 5.03. The van der Waals surface area contributed by atoms with E-state index in [1.807, 2.05) is 25.1 Å². The minimum Gasteiger partial charge on any atom is -0.386 e. The molecule has 7 nitrogen and oxygen atoms in total. The van der Waals surface area contributed by atoms with E-state index in [9.17, 15) is 9.90 Å². The number of pyridine rings is 1. The van der Waals surface area contributed by atoms with Crippen molar-refractivity contribution in [2.45, 2.75) is 38.7 Å². The van der Waals surface area contributed by atoms with Gasteiger partial charge in [-0.25, -0.2) is 4.98 Å². The standard InChI is InChI=1S/C18H24N4O3/c1-3-14-16(13(2)25-21-14)17(23)20-11-18(24)8-6-10-22(12-18)15-7-4-5-9-19-15/h4-5,7,9,24H,3,6,8,10-12H2,1-2H3,(H,20,23). The molecule has 25 heavy (non-hydrogen) atoms. The van der Waals surface area contributed by atoms with Gasteiger partial charge in [-0.3, -0.25) is 4.79 Å². The summed E-state index contributed by atoms with van der Waals surface area (Å²) >= 11 is 0. The number of aromatic nitrogens is 2. The van der Waals surface area contributed by atoms with Crippen LogP contribution in [0, 0.1) is 6.92 Å². The highest BCUT2D eigenvalue weighted by Crippen LogP contribution is 2.24. The molecule has 0 bridgehead atoms. The lowest BCUT2D eigenvalue weighted by Crippen LogP contribution is -2.54. The Morgan fingerprint density at radius 1 is 1.48 bits per heavy atom. The highest BCUT2D eigenvalue weighted by Gasteiger charge is 2.34. The predicted octanol–water partition coefficient (Wildman–Crippen LogP) is 1.70. The van der Waals surface area contributed by atoms with Crippen molar-refractivity contribution in [1.82, 2.24) is 15.5 Å². The first-order chi connectivity index (χ1) is 12.0. The second-order valence-corrected chi connectivity index (χ2v) is 6.53. The minimum atomic E-state index is -0.983. The summed E-state index contributed by atoms with van der Waals surface area (Å²) in [5, 5.41) is 17.7. The van der Waals surface area contributed by atoms with Gasteiger partial charge >= 0.3 is 0 Å². The van der Waals surface area contributed by atoms with Crippen molar-refractivity contribution in [3.8, 4) is 0 Å². The third kappa shape index (κ3) is 3.82. The molecular formula is C18H24N4O3. The van der Waals surface area contributed by atoms with Gasteiger partial charge in [0.15, 0.2) is 0 Å². The molecule has 1 atom stereocenters. The van der Waals surface area contributed by atoms with Gasteiger partial charge in [-0.1, -0.05) is 18.1 Å². The molecule has 2 aromatic heterocycles. The van der Waals surface area contributed by atoms with E-state index in [-0.39, 0.29) is 12.5 Å². The summed E-state index contributed by atoms with van der Waals surface area (Å²) in [7, 11) is 0. The first-order valence-electron chi connectivity index (χ1n) is 8.64. The highest BCUT2D eigenvalue weighted by atomic mass is 16.5. The zero-order valence-electron chi connectivity index (χ0n) is 14.7. The fraction of sp³-hybridized carbons (Fsp3) is 0.500. The lowest BCUT2D eigenvalue weighted by Gasteiger charge is -2.39. The van der Waals surface area contributed by atoms with Gasteiger partial charge < -0.3 is 19.8 Å². The first kappa shape index (κ1) is 17.4. The zero-order valence-corrected chi connectivity index (χ0v) is 14.7. The molecule has 2 aromatic rings. The molecule has 0 saturated carbocycles. The van der Waals surface area contributed by atoms with E-state index < -0.39 is 5.60 Å². The first-order valence-corrected chi connectivity index (χ1v) is 8.64. The molecule has 2 N–H and O–H groups in total. The maximum Gasteiger partial charge on any atom is 0.256 e. The summed E-state index contributed by atoms with van der Waals surface area (Å²) in [4.78, 5) is 18.9. The van der Waals surface area contributed by atoms with E-state index in [2.05, 4.69) is 20.4 Å². The average Bonchev–Trinajstić information content (AvgIpc) is 3.01. The molecule has 1 saturated heterocycles. The summed E-state index contributed by atoms with van der Waals surface area (Å²) in [5.41, 5.74) is 0.132. The van der Waals surface area contributed by atoms with Crippen LogP contribution < -0.4 is 10.2 Å². The van der Waals surface area contributed by atoms with Gasteiger partial charge in [0, 0.05) is 25.8 Å². The lowest BCUT2D eigenvalue weighted by molar-refractivity contribution is 0.0254. The van der Waals surface area contributed by atoms with Gasteiger partial charge in [-0.15, -0.1) is 0 Å². The number of anilines is 1. The van der Waals surface area contributed by atoms with Gasteiger partial charge in [-0.2, -0.15) is 0 Å². The van der Waals surface area contributed by atoms with Gasteiger partial charge in [0.2, 0.25) is 0 Å². The third-order valence-electron chi connectivity index (χ3n) is 4.60. The number of carbonyl (C=O) groups is 1. The maximum atomic E-state index is 12.5. The van der Waals surface area contributed by atoms with Crippen molar-refractivity contribution < 1.29 is 14.4 Å². The van der Waals surface area contributed by atoms with Crippen molar-refractivity contribution in [3.05, 3.63) is 41.4 Å². The number of aryl methyl sites for hydroxylation is 2. The van der Waals surface area contributed by atoms with Crippen LogP contribution in [0.15, 0.2) is 28.9 Å². The van der Waals surface area contributed by atoms with Crippen molar-refractivity contribution >= 4 is 11.7 Å². The Balaban J connectivity index is 1.65. The Morgan fingerprint density at radius 3 is 3.04 bits per heavy atom. The van der Waals surface area contributed by atoms with Crippen LogP contribution in [0.5, 0.6) is 0 Å². The van der Waals surface area contributed by atoms with Crippen LogP contribution in [0.4, 0.5) is 5.82 Å². The summed E-state index contributed by atoms with van der Waals surface area (Å²) in [6, 6.07) is 5.73. The molecule has 3 rings (SSSR count). The van der Waals surface area contributed by atoms with E-state index >= 15 is 0 Å². The van der Waals surface area contributed by atoms with Crippen LogP contribution in [-0.4, -0.2) is 46.4 Å². The molecule has 0 radical (unpaired) electrons. The van der Waals surface area contributed by atoms with Crippen molar-refractivity contribution in [2.24, 2.45) is 0 Å². The fourth-order valence-electron chi connectivity index (χ4n) is 3.28. The third-order valence-corrected chi connectivity index (χ3v) is 4.60. The van der Waals surface area contributed by atoms with Crippen LogP contribution in [0.25, 0.3) is 0 Å². The SMILES string of the molecule is CCc1noc(C)c1C(=O)NCC1(O)CCCN(c2ccccn2)C1. The molecular weight excluding hydrogens is 320 g/mol. The van der Waals surface area contributed by atoms with E-state index in [1.165, 1.54) is 0 Å². The van der Waals surface area contributed by atoms with Crippen molar-refractivity contribution in [1.29, 1.82) is 0 Å². The number of nitrogens with zero attached hydrogens (tertiary/aromatic N) is 3. The molecule has 0 spiro atoms. The minimum absolute atomic E-state index is 0.183. The lowest BCUT2D eigenvalue weighted by atomic mass is 9.92. The van der Waals surface area contributed by atoms with E-state index in [0.29, 0.717) is 36.4 Å². The predicted molar refractivity (Wildman–Crippen MR) is 93.6 cm³/mol. The highest BCUT2D eigenvalue weighted by molar-refractivity contribution is 5.96. The molecule has 1 aliphatic rings. The smallest absolute Gasteiger partial charge is 0.256 e. The van der Waals surface area contributed by atoms with E-state index in [1.54, 1.807) is 13.1 Å². The number of carbonyl (C=O) groups excluding carboxylic acids is 1. The van der Waals surface area contributed by atoms with Crippen LogP contribution in [-0.2, 0) is 6.42 Å². The Bertz CT molecular complexity index is 731. The van der Waals surface area contributed by atoms with Gasteiger partial charge in [-0.05, 0) is 38.3 Å². The molecule has 1 unspecified atom stereocenters. The number of aliphatic hydroxyl groups is 1. The number of β-amino-alcohol motifs (C(OH)–C–C–N with tert-alkyl or cyclic N) is 1. The number of rotatable bonds is 5. The summed E-state index contributed by atoms with van der Waals surface area (Å²) in [5.74, 6) is 1.09. The maximum absolute atomic E-state index is 12.5. The monoisotopic (exact) mass is 344 g/mol. The van der Waals surface area contributed by atoms with Gasteiger partial charge in [0.1, 0.15) is 17.1 Å². The summed E-state index contributed by atoms with van der Waals surface area (Å²) in [6.07, 6.45) is 3.85. The van der Waals surface area contributed by atoms with E-state index in [0.717, 1.165) is 18.8 Å². The van der Waals surface area contributed by atoms with Crippen LogP contribution >= 0.6 is 0 Å². The molecule has 0 aliphatic carbocycles. The van der Waals surface area contributed by atoms with Crippen LogP contribution in [0.1, 0.15) is 41.6 Å². The van der Waals surface area contributed by atoms with Crippen molar-refractivity contribution in [3.63, 3.8) is 0 Å². The number of nitrogens with one attached hydrogen (secondary N) is 1. The summed E-state index contributed by atoms with van der Waals surface area (Å²) < 4.78 is 5.11. The molecule has 134 valence electrons. The number of hydrogen-bond acceptors (Lipinski definition) is 6. The average molecular weight is 344 g/mol. The van der Waals surface area contributed by atoms with Crippen molar-refractivity contribution in [2.75, 3.05) is 24.5 Å². The Labute approximate surface area is 147 Å². The van der Waals surface area contributed by atoms with Crippen LogP contribution in [0.2, 0.25) is 0 Å². The molecule has 1 amide bonds. The Morgan fingerprint density at radius 2 is 2.32 bits per heavy atom. The second kappa shape index (κ2) is 7.23. The zero-order chi connectivity index (χ0) is 17.9. The Hall–Kier alpha value is -2.41. The quantitative estimate of drug-likeness (QED) is 0.858. The molecule has 0 aromatic carbocycles. The summed E-state index contributed by atoms with van der Waals surface area (Å²) in [6.45, 7) is 5.11. The van der Waals surface area contributed by atoms with Gasteiger partial charge in [0.25, 0.3) is 5.91 Å². The largest absolute Gasteiger partial charge is 0.386 e. The normalized spacial score (nSPS) is 20.5. The molecule has 1 aliphatic heterocycles. The van der Waals surface area contributed by atoms with Crippen LogP contribution in [0.3, 0.4) is 0 Å². The van der Waals surface area contributed by atoms with Gasteiger partial charge in [0.05, 0.1) is 11.3 Å². The van der Waals surface area contributed by atoms with E-state index in [4.69, 9.17) is 4.52 Å². The number of amides is 1.